The summed E-state index contributed by atoms with van der Waals surface area (Å²) in [7, 11) is 1.44. The molecule has 19 heteroatoms. The topological polar surface area (TPSA) is 245 Å². The molecule has 75 heavy (non-hydrogen) atoms. The number of piperazine rings is 1. The van der Waals surface area contributed by atoms with Crippen LogP contribution in [0.5, 0.6) is 17.2 Å². The summed E-state index contributed by atoms with van der Waals surface area (Å²) < 4.78 is 24.7. The fourth-order valence-electron chi connectivity index (χ4n) is 11.2. The van der Waals surface area contributed by atoms with Crippen LogP contribution >= 0.6 is 0 Å². The number of phenols is 2. The maximum atomic E-state index is 15.0. The van der Waals surface area contributed by atoms with Crippen LogP contribution in [0.25, 0.3) is 10.8 Å². The van der Waals surface area contributed by atoms with Gasteiger partial charge in [0.05, 0.1) is 40.9 Å². The van der Waals surface area contributed by atoms with Gasteiger partial charge in [0.2, 0.25) is 5.91 Å². The lowest BCUT2D eigenvalue weighted by Crippen LogP contribution is -2.50. The number of carbonyl (C=O) groups is 4. The van der Waals surface area contributed by atoms with Gasteiger partial charge >= 0.3 is 11.8 Å². The molecule has 6 aliphatic rings. The molecule has 0 radical (unpaired) electrons. The molecule has 0 unspecified atom stereocenters. The number of methoxy groups -OCH3 is 1. The molecule has 1 spiro atoms. The third-order valence-electron chi connectivity index (χ3n) is 15.8. The number of aromatic nitrogens is 1. The lowest BCUT2D eigenvalue weighted by molar-refractivity contribution is -0.165. The first kappa shape index (κ1) is 54.8. The van der Waals surface area contributed by atoms with Crippen molar-refractivity contribution in [1.82, 2.24) is 14.8 Å². The highest BCUT2D eigenvalue weighted by molar-refractivity contribution is 6.19. The van der Waals surface area contributed by atoms with Crippen LogP contribution < -0.4 is 25.7 Å². The highest BCUT2D eigenvalue weighted by atomic mass is 16.7. The smallest absolute Gasteiger partial charge is 0.315 e. The number of benzene rings is 2. The molecular formula is C56H73N7O12. The standard InChI is InChI=1S/C56H73N7O12/c1-30(2)29-61-21-18-56(19-22-61)59-44-41-42-49(68)36(8)52-43(41)53(70)55(9,75-52)73-27-17-37(72-10)33(5)51(74-40(65)28-39(64)63-25-23-62(24-26-63)38-16-11-12-20-57-38)35(7)48(67)34(6)47(66)31(3)14-13-15-32(4)54(71)58-46(50(42)69)45(44)60-56/h11-17,20,27,30-31,33-35,37,47-48,51,66-69H,18-19,21-26,28-29H2,1-10H3,(H,58,71)/b14-13+,27-17+,32-15-/t31-,33+,34+,35+,37-,47-,48+,51+,55-/m0/s1. The molecule has 6 aliphatic heterocycles. The van der Waals surface area contributed by atoms with Gasteiger partial charge in [0.25, 0.3) is 11.7 Å². The molecule has 5 N–H and O–H groups in total. The summed E-state index contributed by atoms with van der Waals surface area (Å²) in [6.45, 7) is 19.8. The second-order valence-corrected chi connectivity index (χ2v) is 21.6. The summed E-state index contributed by atoms with van der Waals surface area (Å²) in [6, 6.07) is 5.63. The fraction of sp³-hybridized carbons (Fsp3) is 0.554. The summed E-state index contributed by atoms with van der Waals surface area (Å²) in [5.41, 5.74) is -0.710. The number of allylic oxidation sites excluding steroid dienone is 2. The number of fused-ring (bicyclic) bond motifs is 13. The molecule has 2 saturated heterocycles. The van der Waals surface area contributed by atoms with Crippen molar-refractivity contribution in [3.63, 3.8) is 0 Å². The molecule has 404 valence electrons. The first-order valence-electron chi connectivity index (χ1n) is 26.1. The Morgan fingerprint density at radius 2 is 1.59 bits per heavy atom. The van der Waals surface area contributed by atoms with Crippen molar-refractivity contribution in [1.29, 1.82) is 0 Å². The molecule has 19 nitrogen and oxygen atoms in total. The third-order valence-corrected chi connectivity index (χ3v) is 15.8. The van der Waals surface area contributed by atoms with E-state index in [1.165, 1.54) is 26.4 Å². The van der Waals surface area contributed by atoms with Gasteiger partial charge in [-0.3, -0.25) is 29.2 Å². The van der Waals surface area contributed by atoms with Gasteiger partial charge in [-0.25, -0.2) is 4.98 Å². The Hall–Kier alpha value is -6.41. The average Bonchev–Trinajstić information content (AvgIpc) is 3.95. The van der Waals surface area contributed by atoms with Crippen molar-refractivity contribution in [3.05, 3.63) is 82.4 Å². The van der Waals surface area contributed by atoms with Crippen molar-refractivity contribution in [2.75, 3.05) is 63.1 Å². The number of carbonyl (C=O) groups excluding carboxylic acids is 4. The first-order valence-corrected chi connectivity index (χ1v) is 26.1. The number of hydrogen-bond donors (Lipinski definition) is 5. The number of ether oxygens (including phenoxy) is 4. The second kappa shape index (κ2) is 22.0. The number of ketones is 1. The normalized spacial score (nSPS) is 30.0. The Kier molecular flexibility index (Phi) is 16.1. The predicted molar refractivity (Wildman–Crippen MR) is 280 cm³/mol. The number of rotatable bonds is 7. The number of amides is 2. The summed E-state index contributed by atoms with van der Waals surface area (Å²) >= 11 is 0. The van der Waals surface area contributed by atoms with Gasteiger partial charge in [0.1, 0.15) is 40.9 Å². The van der Waals surface area contributed by atoms with E-state index in [1.807, 2.05) is 18.2 Å². The number of likely N-dealkylation sites (tertiary alicyclic amines) is 1. The van der Waals surface area contributed by atoms with E-state index in [9.17, 15) is 39.6 Å². The van der Waals surface area contributed by atoms with E-state index in [1.54, 1.807) is 70.9 Å². The highest BCUT2D eigenvalue weighted by Gasteiger charge is 2.50. The van der Waals surface area contributed by atoms with Gasteiger partial charge in [0.15, 0.2) is 11.4 Å². The summed E-state index contributed by atoms with van der Waals surface area (Å²) in [6.07, 6.45) is 5.48. The average molecular weight is 1040 g/mol. The number of nitrogens with one attached hydrogen (secondary N) is 1. The number of anilines is 2. The van der Waals surface area contributed by atoms with Crippen molar-refractivity contribution in [3.8, 4) is 17.2 Å². The van der Waals surface area contributed by atoms with E-state index in [2.05, 4.69) is 33.9 Å². The van der Waals surface area contributed by atoms with Crippen LogP contribution in [0.3, 0.4) is 0 Å². The first-order chi connectivity index (χ1) is 35.6. The minimum atomic E-state index is -2.03. The minimum absolute atomic E-state index is 0.00560. The van der Waals surface area contributed by atoms with Crippen molar-refractivity contribution in [2.45, 2.75) is 117 Å². The summed E-state index contributed by atoms with van der Waals surface area (Å²) in [5, 5.41) is 51.1. The lowest BCUT2D eigenvalue weighted by atomic mass is 9.78. The number of hydrogen-bond acceptors (Lipinski definition) is 17. The van der Waals surface area contributed by atoms with Crippen LogP contribution in [0.1, 0.15) is 90.6 Å². The summed E-state index contributed by atoms with van der Waals surface area (Å²) in [5.74, 6) is -7.03. The monoisotopic (exact) mass is 1040 g/mol. The van der Waals surface area contributed by atoms with Gasteiger partial charge in [0, 0.05) is 119 Å². The molecule has 2 aromatic carbocycles. The molecule has 7 heterocycles. The van der Waals surface area contributed by atoms with Gasteiger partial charge in [-0.1, -0.05) is 65.8 Å². The maximum Gasteiger partial charge on any atom is 0.315 e. The number of esters is 1. The van der Waals surface area contributed by atoms with Crippen LogP contribution in [-0.4, -0.2) is 148 Å². The zero-order chi connectivity index (χ0) is 54.3. The Bertz CT molecular complexity index is 2910. The third kappa shape index (κ3) is 10.9. The van der Waals surface area contributed by atoms with E-state index >= 15 is 0 Å². The zero-order valence-corrected chi connectivity index (χ0v) is 44.7. The summed E-state index contributed by atoms with van der Waals surface area (Å²) in [4.78, 5) is 77.3. The quantitative estimate of drug-likeness (QED) is 0.121. The van der Waals surface area contributed by atoms with Crippen LogP contribution in [0.15, 0.2) is 70.5 Å². The van der Waals surface area contributed by atoms with E-state index in [0.29, 0.717) is 58.0 Å². The van der Waals surface area contributed by atoms with Gasteiger partial charge < -0.3 is 59.4 Å². The Morgan fingerprint density at radius 1 is 0.893 bits per heavy atom. The van der Waals surface area contributed by atoms with Gasteiger partial charge in [-0.15, -0.1) is 0 Å². The van der Waals surface area contributed by atoms with E-state index in [4.69, 9.17) is 28.9 Å². The van der Waals surface area contributed by atoms with Crippen LogP contribution in [0.2, 0.25) is 0 Å². The number of piperidine rings is 1. The van der Waals surface area contributed by atoms with Crippen LogP contribution in [0, 0.1) is 36.5 Å². The Labute approximate surface area is 437 Å². The minimum Gasteiger partial charge on any atom is -0.507 e. The number of aliphatic hydroxyl groups is 2. The largest absolute Gasteiger partial charge is 0.507 e. The number of Topliss-reactive ketones (excluding diaryl/α,β-unsaturated/α-hetero) is 1. The van der Waals surface area contributed by atoms with E-state index in [-0.39, 0.29) is 49.6 Å². The molecule has 9 rings (SSSR count). The van der Waals surface area contributed by atoms with Crippen molar-refractivity contribution in [2.24, 2.45) is 39.6 Å². The van der Waals surface area contributed by atoms with E-state index < -0.39 is 101 Å². The molecule has 2 amide bonds. The molecular weight excluding hydrogens is 963 g/mol. The SMILES string of the molecule is CO[C@H]1/C=C/O[C@@]2(C)Oc3c(C)c(O)c4c(O)c(c5c(c4c3C2=O)=NC2(CCN(CC(C)C)CC2)N=5)NC(=O)/C(C)=C\C=C\[C@H](C)[C@H](O)[C@@H](C)[C@@H](O)[C@@H](C)[C@H](OC(=O)CC(=O)N2CCN(c3ccccn3)CC2)[C@@H]1C. The Morgan fingerprint density at radius 3 is 2.24 bits per heavy atom. The highest BCUT2D eigenvalue weighted by Crippen LogP contribution is 2.50. The molecule has 1 aromatic heterocycles. The van der Waals surface area contributed by atoms with E-state index in [0.717, 1.165) is 12.4 Å². The molecule has 0 saturated carbocycles. The van der Waals surface area contributed by atoms with Crippen LogP contribution in [-0.2, 0) is 28.6 Å². The number of aliphatic hydroxyl groups excluding tert-OH is 2. The predicted octanol–water partition coefficient (Wildman–Crippen LogP) is 4.86. The zero-order valence-electron chi connectivity index (χ0n) is 44.7. The Balaban J connectivity index is 1.15. The number of phenolic OH excluding ortho intramolecular Hbond substituents is 2. The lowest BCUT2D eigenvalue weighted by Gasteiger charge is -2.38. The fourth-order valence-corrected chi connectivity index (χ4v) is 11.2. The number of pyridine rings is 1. The second-order valence-electron chi connectivity index (χ2n) is 21.6. The van der Waals surface area contributed by atoms with Crippen molar-refractivity contribution < 1.29 is 58.6 Å². The van der Waals surface area contributed by atoms with Crippen LogP contribution in [0.4, 0.5) is 11.5 Å². The van der Waals surface area contributed by atoms with Crippen molar-refractivity contribution >= 4 is 45.8 Å². The van der Waals surface area contributed by atoms with Gasteiger partial charge in [-0.2, -0.15) is 0 Å². The number of aromatic hydroxyl groups is 2. The molecule has 0 aliphatic carbocycles. The molecule has 2 fully saturated rings. The number of nitrogens with zero attached hydrogens (tertiary/aromatic N) is 6. The molecule has 5 bridgehead atoms. The van der Waals surface area contributed by atoms with Gasteiger partial charge in [-0.05, 0) is 38.0 Å². The molecule has 3 aromatic rings. The molecule has 9 atom stereocenters. The maximum absolute atomic E-state index is 15.0.